The summed E-state index contributed by atoms with van der Waals surface area (Å²) in [6.07, 6.45) is 5.59. The number of fused-ring (bicyclic) bond motifs is 3. The summed E-state index contributed by atoms with van der Waals surface area (Å²) in [5.41, 5.74) is 3.94. The van der Waals surface area contributed by atoms with Crippen LogP contribution in [0.3, 0.4) is 0 Å². The molecule has 0 amide bonds. The predicted molar refractivity (Wildman–Crippen MR) is 93.9 cm³/mol. The molecule has 23 heavy (non-hydrogen) atoms. The van der Waals surface area contributed by atoms with Gasteiger partial charge in [-0.25, -0.2) is 4.79 Å². The maximum atomic E-state index is 11.0. The molecule has 0 saturated heterocycles. The maximum Gasteiger partial charge on any atom is 0.335 e. The van der Waals surface area contributed by atoms with Crippen LogP contribution in [0.4, 0.5) is 5.69 Å². The molecule has 3 nitrogen and oxygen atoms in total. The lowest BCUT2D eigenvalue weighted by Crippen LogP contribution is -2.29. The number of para-hydroxylation sites is 1. The Balaban J connectivity index is 1.75. The van der Waals surface area contributed by atoms with E-state index in [1.165, 1.54) is 5.56 Å². The molecule has 0 fully saturated rings. The summed E-state index contributed by atoms with van der Waals surface area (Å²) in [6, 6.07) is 13.7. The van der Waals surface area contributed by atoms with E-state index in [9.17, 15) is 4.79 Å². The van der Waals surface area contributed by atoms with Gasteiger partial charge in [0.15, 0.2) is 0 Å². The Morgan fingerprint density at radius 2 is 1.96 bits per heavy atom. The zero-order valence-corrected chi connectivity index (χ0v) is 14.0. The minimum absolute atomic E-state index is 0.184. The summed E-state index contributed by atoms with van der Waals surface area (Å²) in [7, 11) is 0. The highest BCUT2D eigenvalue weighted by Gasteiger charge is 2.38. The van der Waals surface area contributed by atoms with Gasteiger partial charge in [-0.05, 0) is 57.6 Å². The van der Waals surface area contributed by atoms with Crippen molar-refractivity contribution in [2.45, 2.75) is 18.4 Å². The first-order valence-electron chi connectivity index (χ1n) is 7.70. The molecule has 2 aromatic carbocycles. The Bertz CT molecular complexity index is 798. The molecule has 0 unspecified atom stereocenters. The molecule has 4 rings (SSSR count). The quantitative estimate of drug-likeness (QED) is 0.734. The van der Waals surface area contributed by atoms with Crippen LogP contribution in [0, 0.1) is 5.92 Å². The van der Waals surface area contributed by atoms with Crippen LogP contribution in [0.5, 0.6) is 0 Å². The van der Waals surface area contributed by atoms with Gasteiger partial charge < -0.3 is 10.4 Å². The third-order valence-corrected chi connectivity index (χ3v) is 5.52. The first-order valence-corrected chi connectivity index (χ1v) is 8.49. The molecule has 4 heteroatoms. The van der Waals surface area contributed by atoms with Gasteiger partial charge in [0.1, 0.15) is 0 Å². The highest BCUT2D eigenvalue weighted by atomic mass is 79.9. The fourth-order valence-corrected chi connectivity index (χ4v) is 4.24. The second-order valence-electron chi connectivity index (χ2n) is 6.11. The third kappa shape index (κ3) is 2.38. The topological polar surface area (TPSA) is 49.3 Å². The van der Waals surface area contributed by atoms with Gasteiger partial charge >= 0.3 is 5.97 Å². The number of rotatable bonds is 2. The van der Waals surface area contributed by atoms with E-state index in [1.54, 1.807) is 12.1 Å². The van der Waals surface area contributed by atoms with Crippen LogP contribution in [0.1, 0.15) is 39.9 Å². The lowest BCUT2D eigenvalue weighted by atomic mass is 9.77. The molecule has 0 spiro atoms. The average molecular weight is 370 g/mol. The zero-order chi connectivity index (χ0) is 16.0. The van der Waals surface area contributed by atoms with Crippen molar-refractivity contribution in [3.8, 4) is 0 Å². The highest BCUT2D eigenvalue weighted by Crippen LogP contribution is 2.51. The van der Waals surface area contributed by atoms with Gasteiger partial charge in [-0.1, -0.05) is 36.4 Å². The Hall–Kier alpha value is -2.07. The fourth-order valence-electron chi connectivity index (χ4n) is 3.75. The van der Waals surface area contributed by atoms with Gasteiger partial charge in [-0.15, -0.1) is 0 Å². The number of nitrogens with one attached hydrogen (secondary N) is 1. The summed E-state index contributed by atoms with van der Waals surface area (Å²) in [5, 5.41) is 12.7. The summed E-state index contributed by atoms with van der Waals surface area (Å²) < 4.78 is 1.07. The normalized spacial score (nSPS) is 24.7. The van der Waals surface area contributed by atoms with E-state index in [0.29, 0.717) is 17.4 Å². The molecule has 2 aromatic rings. The van der Waals surface area contributed by atoms with Crippen LogP contribution in [0.2, 0.25) is 0 Å². The molecule has 0 bridgehead atoms. The molecule has 1 aliphatic carbocycles. The minimum atomic E-state index is -0.887. The highest BCUT2D eigenvalue weighted by molar-refractivity contribution is 9.10. The van der Waals surface area contributed by atoms with Crippen LogP contribution < -0.4 is 5.32 Å². The number of carboxylic acids is 1. The Morgan fingerprint density at radius 1 is 1.17 bits per heavy atom. The number of allylic oxidation sites excluding steroid dienone is 2. The SMILES string of the molecule is O=C(O)c1ccc([C@H]2Nc3c(Br)cccc3[C@H]3C=CC[C@@H]32)cc1. The average Bonchev–Trinajstić information content (AvgIpc) is 3.04. The summed E-state index contributed by atoms with van der Waals surface area (Å²) >= 11 is 3.65. The van der Waals surface area contributed by atoms with E-state index >= 15 is 0 Å². The minimum Gasteiger partial charge on any atom is -0.478 e. The van der Waals surface area contributed by atoms with Gasteiger partial charge in [0, 0.05) is 10.4 Å². The number of halogens is 1. The Morgan fingerprint density at radius 3 is 2.70 bits per heavy atom. The molecule has 0 saturated carbocycles. The number of anilines is 1. The van der Waals surface area contributed by atoms with Gasteiger partial charge in [0.05, 0.1) is 17.3 Å². The van der Waals surface area contributed by atoms with E-state index < -0.39 is 5.97 Å². The predicted octanol–water partition coefficient (Wildman–Crippen LogP) is 4.97. The first kappa shape index (κ1) is 14.5. The maximum absolute atomic E-state index is 11.0. The molecular formula is C19H16BrNO2. The second-order valence-corrected chi connectivity index (χ2v) is 6.96. The molecule has 0 radical (unpaired) electrons. The van der Waals surface area contributed by atoms with E-state index in [1.807, 2.05) is 12.1 Å². The summed E-state index contributed by atoms with van der Waals surface area (Å²) in [4.78, 5) is 11.0. The van der Waals surface area contributed by atoms with Crippen molar-refractivity contribution in [1.82, 2.24) is 0 Å². The van der Waals surface area contributed by atoms with Crippen molar-refractivity contribution in [3.63, 3.8) is 0 Å². The Kier molecular flexibility index (Phi) is 3.49. The standard InChI is InChI=1S/C19H16BrNO2/c20-16-6-2-5-15-13-3-1-4-14(13)17(21-18(15)16)11-7-9-12(10-8-11)19(22)23/h1-3,5-10,13-14,17,21H,4H2,(H,22,23)/t13-,14-,17+/m0/s1. The monoisotopic (exact) mass is 369 g/mol. The number of carbonyl (C=O) groups is 1. The van der Waals surface area contributed by atoms with E-state index in [0.717, 1.165) is 22.1 Å². The molecule has 116 valence electrons. The van der Waals surface area contributed by atoms with Crippen molar-refractivity contribution in [2.75, 3.05) is 5.32 Å². The molecule has 0 aromatic heterocycles. The largest absolute Gasteiger partial charge is 0.478 e. The summed E-state index contributed by atoms with van der Waals surface area (Å²) in [5.74, 6) is -0.0120. The number of hydrogen-bond acceptors (Lipinski definition) is 2. The lowest BCUT2D eigenvalue weighted by Gasteiger charge is -2.38. The third-order valence-electron chi connectivity index (χ3n) is 4.86. The van der Waals surface area contributed by atoms with E-state index in [-0.39, 0.29) is 6.04 Å². The van der Waals surface area contributed by atoms with Gasteiger partial charge in [0.2, 0.25) is 0 Å². The molecule has 1 aliphatic heterocycles. The van der Waals surface area contributed by atoms with Crippen molar-refractivity contribution in [1.29, 1.82) is 0 Å². The fraction of sp³-hybridized carbons (Fsp3) is 0.211. The Labute approximate surface area is 143 Å². The molecular weight excluding hydrogens is 354 g/mol. The lowest BCUT2D eigenvalue weighted by molar-refractivity contribution is 0.0697. The number of carboxylic acid groups (broad SMARTS) is 1. The van der Waals surface area contributed by atoms with Crippen molar-refractivity contribution in [3.05, 3.63) is 75.8 Å². The number of benzene rings is 2. The van der Waals surface area contributed by atoms with Crippen molar-refractivity contribution in [2.24, 2.45) is 5.92 Å². The van der Waals surface area contributed by atoms with E-state index in [2.05, 4.69) is 51.6 Å². The first-order chi connectivity index (χ1) is 11.1. The number of hydrogen-bond donors (Lipinski definition) is 2. The molecule has 2 aliphatic rings. The smallest absolute Gasteiger partial charge is 0.335 e. The van der Waals surface area contributed by atoms with Gasteiger partial charge in [0.25, 0.3) is 0 Å². The molecule has 1 heterocycles. The van der Waals surface area contributed by atoms with Gasteiger partial charge in [-0.2, -0.15) is 0 Å². The molecule has 2 N–H and O–H groups in total. The van der Waals surface area contributed by atoms with Crippen molar-refractivity contribution >= 4 is 27.6 Å². The van der Waals surface area contributed by atoms with Gasteiger partial charge in [-0.3, -0.25) is 0 Å². The number of aromatic carboxylic acids is 1. The summed E-state index contributed by atoms with van der Waals surface area (Å²) in [6.45, 7) is 0. The van der Waals surface area contributed by atoms with E-state index in [4.69, 9.17) is 5.11 Å². The van der Waals surface area contributed by atoms with Crippen LogP contribution in [-0.2, 0) is 0 Å². The van der Waals surface area contributed by atoms with Crippen molar-refractivity contribution < 1.29 is 9.90 Å². The van der Waals surface area contributed by atoms with Crippen LogP contribution in [0.15, 0.2) is 59.1 Å². The molecule has 3 atom stereocenters. The zero-order valence-electron chi connectivity index (χ0n) is 12.4. The van der Waals surface area contributed by atoms with Crippen LogP contribution in [-0.4, -0.2) is 11.1 Å². The van der Waals surface area contributed by atoms with Crippen LogP contribution in [0.25, 0.3) is 0 Å². The van der Waals surface area contributed by atoms with Crippen LogP contribution >= 0.6 is 15.9 Å². The second kappa shape index (κ2) is 5.53.